The van der Waals surface area contributed by atoms with Gasteiger partial charge >= 0.3 is 5.97 Å². The summed E-state index contributed by atoms with van der Waals surface area (Å²) in [7, 11) is 0. The molecule has 2 atom stereocenters. The van der Waals surface area contributed by atoms with Crippen molar-refractivity contribution < 1.29 is 18.7 Å². The summed E-state index contributed by atoms with van der Waals surface area (Å²) < 4.78 is 25.3. The molecule has 3 N–H and O–H groups in total. The zero-order chi connectivity index (χ0) is 9.35. The van der Waals surface area contributed by atoms with Crippen LogP contribution in [0.3, 0.4) is 0 Å². The Morgan fingerprint density at radius 2 is 2.17 bits per heavy atom. The normalized spacial score (nSPS) is 34.6. The third kappa shape index (κ3) is 1.91. The number of alkyl halides is 2. The summed E-state index contributed by atoms with van der Waals surface area (Å²) in [6.45, 7) is 0. The van der Waals surface area contributed by atoms with Crippen molar-refractivity contribution in [2.75, 3.05) is 0 Å². The molecule has 0 aromatic rings. The Hall–Kier alpha value is -0.710. The first kappa shape index (κ1) is 9.38. The minimum absolute atomic E-state index is 0.0873. The number of halogens is 2. The molecule has 0 aromatic heterocycles. The first-order valence-electron chi connectivity index (χ1n) is 3.78. The highest BCUT2D eigenvalue weighted by atomic mass is 19.3. The standard InChI is InChI=1S/C7H11F2NO2/c8-7(9)2-1-5(10)4(3-7)6(11)12/h4-5H,1-3,10H2,(H,11,12)/t4-,5-/m1/s1. The monoisotopic (exact) mass is 179 g/mol. The van der Waals surface area contributed by atoms with Crippen molar-refractivity contribution in [1.29, 1.82) is 0 Å². The van der Waals surface area contributed by atoms with Gasteiger partial charge in [0, 0.05) is 18.9 Å². The number of hydrogen-bond acceptors (Lipinski definition) is 2. The first-order valence-corrected chi connectivity index (χ1v) is 3.78. The molecule has 3 nitrogen and oxygen atoms in total. The Bertz CT molecular complexity index is 196. The average molecular weight is 179 g/mol. The summed E-state index contributed by atoms with van der Waals surface area (Å²) in [5.41, 5.74) is 5.39. The van der Waals surface area contributed by atoms with E-state index in [1.54, 1.807) is 0 Å². The van der Waals surface area contributed by atoms with E-state index in [9.17, 15) is 13.6 Å². The predicted octanol–water partition coefficient (Wildman–Crippen LogP) is 0.834. The number of carboxylic acid groups (broad SMARTS) is 1. The van der Waals surface area contributed by atoms with E-state index < -0.39 is 30.3 Å². The molecule has 0 radical (unpaired) electrons. The molecule has 0 spiro atoms. The van der Waals surface area contributed by atoms with Gasteiger partial charge in [-0.1, -0.05) is 0 Å². The van der Waals surface area contributed by atoms with Crippen molar-refractivity contribution in [3.63, 3.8) is 0 Å². The number of aliphatic carboxylic acids is 1. The van der Waals surface area contributed by atoms with Gasteiger partial charge in [-0.3, -0.25) is 4.79 Å². The van der Waals surface area contributed by atoms with Crippen LogP contribution in [-0.4, -0.2) is 23.0 Å². The van der Waals surface area contributed by atoms with E-state index in [1.807, 2.05) is 0 Å². The molecular formula is C7H11F2NO2. The van der Waals surface area contributed by atoms with Crippen LogP contribution in [0.15, 0.2) is 0 Å². The summed E-state index contributed by atoms with van der Waals surface area (Å²) in [6.07, 6.45) is -0.828. The van der Waals surface area contributed by atoms with Gasteiger partial charge in [0.2, 0.25) is 5.92 Å². The third-order valence-electron chi connectivity index (χ3n) is 2.20. The molecule has 1 rings (SSSR count). The van der Waals surface area contributed by atoms with E-state index >= 15 is 0 Å². The van der Waals surface area contributed by atoms with Gasteiger partial charge in [-0.15, -0.1) is 0 Å². The Balaban J connectivity index is 2.66. The summed E-state index contributed by atoms with van der Waals surface area (Å²) in [6, 6.07) is -0.623. The molecule has 0 aliphatic heterocycles. The Morgan fingerprint density at radius 3 is 2.58 bits per heavy atom. The maximum atomic E-state index is 12.7. The number of nitrogens with two attached hydrogens (primary N) is 1. The van der Waals surface area contributed by atoms with Gasteiger partial charge in [-0.05, 0) is 6.42 Å². The van der Waals surface area contributed by atoms with Crippen LogP contribution < -0.4 is 5.73 Å². The maximum absolute atomic E-state index is 12.7. The minimum Gasteiger partial charge on any atom is -0.481 e. The molecule has 0 aromatic carbocycles. The molecule has 12 heavy (non-hydrogen) atoms. The second-order valence-corrected chi connectivity index (χ2v) is 3.21. The van der Waals surface area contributed by atoms with E-state index in [0.717, 1.165) is 0 Å². The van der Waals surface area contributed by atoms with Crippen molar-refractivity contribution in [2.24, 2.45) is 11.7 Å². The third-order valence-corrected chi connectivity index (χ3v) is 2.20. The zero-order valence-electron chi connectivity index (χ0n) is 6.46. The number of carboxylic acids is 1. The second kappa shape index (κ2) is 2.97. The van der Waals surface area contributed by atoms with Gasteiger partial charge in [-0.25, -0.2) is 8.78 Å². The molecule has 0 saturated heterocycles. The molecule has 70 valence electrons. The molecular weight excluding hydrogens is 168 g/mol. The van der Waals surface area contributed by atoms with Gasteiger partial charge in [0.25, 0.3) is 0 Å². The van der Waals surface area contributed by atoms with Crippen LogP contribution in [0.4, 0.5) is 8.78 Å². The quantitative estimate of drug-likeness (QED) is 0.626. The van der Waals surface area contributed by atoms with Crippen LogP contribution in [0.5, 0.6) is 0 Å². The second-order valence-electron chi connectivity index (χ2n) is 3.21. The molecule has 0 unspecified atom stereocenters. The maximum Gasteiger partial charge on any atom is 0.308 e. The summed E-state index contributed by atoms with van der Waals surface area (Å²) in [5, 5.41) is 8.53. The van der Waals surface area contributed by atoms with Crippen molar-refractivity contribution in [3.8, 4) is 0 Å². The zero-order valence-corrected chi connectivity index (χ0v) is 6.46. The summed E-state index contributed by atoms with van der Waals surface area (Å²) in [4.78, 5) is 10.4. The van der Waals surface area contributed by atoms with E-state index in [2.05, 4.69) is 0 Å². The summed E-state index contributed by atoms with van der Waals surface area (Å²) >= 11 is 0. The van der Waals surface area contributed by atoms with E-state index in [1.165, 1.54) is 0 Å². The Labute approximate surface area is 68.5 Å². The van der Waals surface area contributed by atoms with Crippen LogP contribution in [0, 0.1) is 5.92 Å². The molecule has 0 amide bonds. The van der Waals surface area contributed by atoms with Gasteiger partial charge < -0.3 is 10.8 Å². The highest BCUT2D eigenvalue weighted by Gasteiger charge is 2.43. The largest absolute Gasteiger partial charge is 0.481 e. The Morgan fingerprint density at radius 1 is 1.58 bits per heavy atom. The smallest absolute Gasteiger partial charge is 0.308 e. The lowest BCUT2D eigenvalue weighted by molar-refractivity contribution is -0.150. The molecule has 1 saturated carbocycles. The van der Waals surface area contributed by atoms with Crippen molar-refractivity contribution in [1.82, 2.24) is 0 Å². The van der Waals surface area contributed by atoms with Gasteiger partial charge in [-0.2, -0.15) is 0 Å². The number of carbonyl (C=O) groups is 1. The van der Waals surface area contributed by atoms with Crippen LogP contribution in [0.1, 0.15) is 19.3 Å². The molecule has 1 aliphatic carbocycles. The van der Waals surface area contributed by atoms with Crippen LogP contribution in [-0.2, 0) is 4.79 Å². The highest BCUT2D eigenvalue weighted by Crippen LogP contribution is 2.36. The van der Waals surface area contributed by atoms with E-state index in [-0.39, 0.29) is 12.8 Å². The SMILES string of the molecule is N[C@@H]1CCC(F)(F)C[C@H]1C(=O)O. The van der Waals surface area contributed by atoms with E-state index in [0.29, 0.717) is 0 Å². The molecule has 0 bridgehead atoms. The lowest BCUT2D eigenvalue weighted by Crippen LogP contribution is -2.44. The topological polar surface area (TPSA) is 63.3 Å². The Kier molecular flexibility index (Phi) is 2.32. The first-order chi connectivity index (χ1) is 5.42. The lowest BCUT2D eigenvalue weighted by Gasteiger charge is -2.31. The predicted molar refractivity (Wildman–Crippen MR) is 37.9 cm³/mol. The number of hydrogen-bond donors (Lipinski definition) is 2. The fourth-order valence-electron chi connectivity index (χ4n) is 1.42. The highest BCUT2D eigenvalue weighted by molar-refractivity contribution is 5.71. The van der Waals surface area contributed by atoms with Gasteiger partial charge in [0.1, 0.15) is 0 Å². The van der Waals surface area contributed by atoms with Crippen molar-refractivity contribution >= 4 is 5.97 Å². The van der Waals surface area contributed by atoms with Crippen LogP contribution in [0.25, 0.3) is 0 Å². The molecule has 0 heterocycles. The fourth-order valence-corrected chi connectivity index (χ4v) is 1.42. The molecule has 1 fully saturated rings. The number of rotatable bonds is 1. The van der Waals surface area contributed by atoms with Gasteiger partial charge in [0.15, 0.2) is 0 Å². The van der Waals surface area contributed by atoms with Crippen molar-refractivity contribution in [3.05, 3.63) is 0 Å². The average Bonchev–Trinajstić information content (AvgIpc) is 1.94. The van der Waals surface area contributed by atoms with E-state index in [4.69, 9.17) is 10.8 Å². The lowest BCUT2D eigenvalue weighted by atomic mass is 9.83. The van der Waals surface area contributed by atoms with Gasteiger partial charge in [0.05, 0.1) is 5.92 Å². The molecule has 5 heteroatoms. The van der Waals surface area contributed by atoms with Crippen molar-refractivity contribution in [2.45, 2.75) is 31.2 Å². The molecule has 1 aliphatic rings. The fraction of sp³-hybridized carbons (Fsp3) is 0.857. The van der Waals surface area contributed by atoms with Crippen LogP contribution in [0.2, 0.25) is 0 Å². The minimum atomic E-state index is -2.85. The van der Waals surface area contributed by atoms with Crippen LogP contribution >= 0.6 is 0 Å². The summed E-state index contributed by atoms with van der Waals surface area (Å²) in [5.74, 6) is -5.16.